The summed E-state index contributed by atoms with van der Waals surface area (Å²) in [5.74, 6) is 0.902. The summed E-state index contributed by atoms with van der Waals surface area (Å²) in [6.45, 7) is 2.68. The Hall–Kier alpha value is -2.13. The van der Waals surface area contributed by atoms with Crippen LogP contribution in [0.2, 0.25) is 0 Å². The summed E-state index contributed by atoms with van der Waals surface area (Å²) in [6, 6.07) is 16.3. The summed E-state index contributed by atoms with van der Waals surface area (Å²) in [6.07, 6.45) is 4.12. The molecule has 20 heavy (non-hydrogen) atoms. The van der Waals surface area contributed by atoms with Gasteiger partial charge >= 0.3 is 0 Å². The van der Waals surface area contributed by atoms with Crippen molar-refractivity contribution >= 4 is 33.7 Å². The molecule has 0 fully saturated rings. The molecule has 0 radical (unpaired) electrons. The zero-order valence-electron chi connectivity index (χ0n) is 11.2. The largest absolute Gasteiger partial charge is 0.494 e. The van der Waals surface area contributed by atoms with Crippen molar-refractivity contribution in [2.75, 3.05) is 6.61 Å². The fourth-order valence-electron chi connectivity index (χ4n) is 2.00. The van der Waals surface area contributed by atoms with E-state index in [1.54, 1.807) is 11.3 Å². The lowest BCUT2D eigenvalue weighted by Crippen LogP contribution is -1.90. The second-order valence-corrected chi connectivity index (χ2v) is 5.42. The van der Waals surface area contributed by atoms with Crippen LogP contribution < -0.4 is 4.74 Å². The third-order valence-electron chi connectivity index (χ3n) is 2.90. The SMILES string of the molecule is CCOc1cccc(/C=C/c2nc3ccccc3s2)c1. The first-order valence-corrected chi connectivity index (χ1v) is 7.43. The van der Waals surface area contributed by atoms with E-state index >= 15 is 0 Å². The van der Waals surface area contributed by atoms with Crippen molar-refractivity contribution in [2.24, 2.45) is 0 Å². The van der Waals surface area contributed by atoms with Gasteiger partial charge in [0, 0.05) is 0 Å². The zero-order chi connectivity index (χ0) is 13.8. The van der Waals surface area contributed by atoms with Crippen LogP contribution in [0.5, 0.6) is 5.75 Å². The van der Waals surface area contributed by atoms with Gasteiger partial charge in [-0.25, -0.2) is 4.98 Å². The molecule has 0 saturated carbocycles. The Kier molecular flexibility index (Phi) is 3.79. The lowest BCUT2D eigenvalue weighted by molar-refractivity contribution is 0.340. The third kappa shape index (κ3) is 2.89. The Bertz CT molecular complexity index is 712. The molecule has 3 rings (SSSR count). The van der Waals surface area contributed by atoms with Crippen LogP contribution in [0.15, 0.2) is 48.5 Å². The average molecular weight is 281 g/mol. The average Bonchev–Trinajstić information content (AvgIpc) is 2.89. The summed E-state index contributed by atoms with van der Waals surface area (Å²) >= 11 is 1.70. The van der Waals surface area contributed by atoms with Crippen LogP contribution >= 0.6 is 11.3 Å². The quantitative estimate of drug-likeness (QED) is 0.681. The minimum atomic E-state index is 0.686. The molecule has 1 aromatic heterocycles. The number of aromatic nitrogens is 1. The monoisotopic (exact) mass is 281 g/mol. The van der Waals surface area contributed by atoms with Crippen molar-refractivity contribution in [3.8, 4) is 5.75 Å². The van der Waals surface area contributed by atoms with Crippen molar-refractivity contribution in [1.29, 1.82) is 0 Å². The molecule has 0 N–H and O–H groups in total. The molecule has 3 heteroatoms. The van der Waals surface area contributed by atoms with E-state index in [-0.39, 0.29) is 0 Å². The van der Waals surface area contributed by atoms with Gasteiger partial charge in [-0.3, -0.25) is 0 Å². The van der Waals surface area contributed by atoms with Crippen molar-refractivity contribution in [2.45, 2.75) is 6.92 Å². The van der Waals surface area contributed by atoms with Crippen molar-refractivity contribution < 1.29 is 4.74 Å². The predicted molar refractivity (Wildman–Crippen MR) is 86.2 cm³/mol. The standard InChI is InChI=1S/C17H15NOS/c1-2-19-14-7-5-6-13(12-14)10-11-17-18-15-8-3-4-9-16(15)20-17/h3-12H,2H2,1H3/b11-10+. The molecular weight excluding hydrogens is 266 g/mol. The molecule has 1 heterocycles. The number of nitrogens with zero attached hydrogens (tertiary/aromatic N) is 1. The van der Waals surface area contributed by atoms with Gasteiger partial charge in [-0.2, -0.15) is 0 Å². The lowest BCUT2D eigenvalue weighted by Gasteiger charge is -2.02. The van der Waals surface area contributed by atoms with Crippen LogP contribution in [-0.4, -0.2) is 11.6 Å². The molecule has 2 nitrogen and oxygen atoms in total. The van der Waals surface area contributed by atoms with Crippen molar-refractivity contribution in [1.82, 2.24) is 4.98 Å². The number of thiazole rings is 1. The van der Waals surface area contributed by atoms with Crippen LogP contribution in [0.25, 0.3) is 22.4 Å². The van der Waals surface area contributed by atoms with Gasteiger partial charge in [0.1, 0.15) is 10.8 Å². The Labute approximate surface area is 122 Å². The highest BCUT2D eigenvalue weighted by Crippen LogP contribution is 2.23. The van der Waals surface area contributed by atoms with E-state index < -0.39 is 0 Å². The predicted octanol–water partition coefficient (Wildman–Crippen LogP) is 4.87. The molecule has 100 valence electrons. The molecule has 0 spiro atoms. The fraction of sp³-hybridized carbons (Fsp3) is 0.118. The maximum absolute atomic E-state index is 5.50. The van der Waals surface area contributed by atoms with Crippen LogP contribution in [0.1, 0.15) is 17.5 Å². The summed E-state index contributed by atoms with van der Waals surface area (Å²) in [5.41, 5.74) is 2.18. The van der Waals surface area contributed by atoms with Crippen molar-refractivity contribution in [3.05, 3.63) is 59.1 Å². The van der Waals surface area contributed by atoms with Crippen LogP contribution in [-0.2, 0) is 0 Å². The molecule has 3 aromatic rings. The van der Waals surface area contributed by atoms with E-state index in [1.807, 2.05) is 43.3 Å². The zero-order valence-corrected chi connectivity index (χ0v) is 12.1. The van der Waals surface area contributed by atoms with Gasteiger partial charge in [0.05, 0.1) is 16.8 Å². The molecular formula is C17H15NOS. The van der Waals surface area contributed by atoms with Crippen LogP contribution in [0, 0.1) is 0 Å². The van der Waals surface area contributed by atoms with E-state index in [0.29, 0.717) is 6.61 Å². The van der Waals surface area contributed by atoms with Crippen molar-refractivity contribution in [3.63, 3.8) is 0 Å². The maximum Gasteiger partial charge on any atom is 0.119 e. The Morgan fingerprint density at radius 3 is 2.85 bits per heavy atom. The van der Waals surface area contributed by atoms with Gasteiger partial charge in [-0.05, 0) is 42.8 Å². The number of fused-ring (bicyclic) bond motifs is 1. The summed E-state index contributed by atoms with van der Waals surface area (Å²) in [4.78, 5) is 4.59. The van der Waals surface area contributed by atoms with E-state index in [2.05, 4.69) is 29.3 Å². The van der Waals surface area contributed by atoms with Gasteiger partial charge in [-0.1, -0.05) is 30.3 Å². The summed E-state index contributed by atoms with van der Waals surface area (Å²) in [7, 11) is 0. The first kappa shape index (κ1) is 12.9. The molecule has 0 amide bonds. The first-order chi connectivity index (χ1) is 9.85. The Morgan fingerprint density at radius 1 is 1.10 bits per heavy atom. The molecule has 0 saturated heterocycles. The number of para-hydroxylation sites is 1. The lowest BCUT2D eigenvalue weighted by atomic mass is 10.2. The normalized spacial score (nSPS) is 11.2. The molecule has 0 aliphatic rings. The highest BCUT2D eigenvalue weighted by Gasteiger charge is 1.99. The van der Waals surface area contributed by atoms with Gasteiger partial charge in [-0.15, -0.1) is 11.3 Å². The second-order valence-electron chi connectivity index (χ2n) is 4.36. The second kappa shape index (κ2) is 5.88. The molecule has 0 bridgehead atoms. The number of hydrogen-bond acceptors (Lipinski definition) is 3. The first-order valence-electron chi connectivity index (χ1n) is 6.61. The summed E-state index contributed by atoms with van der Waals surface area (Å²) < 4.78 is 6.72. The maximum atomic E-state index is 5.50. The molecule has 0 atom stereocenters. The molecule has 2 aromatic carbocycles. The van der Waals surface area contributed by atoms with E-state index in [4.69, 9.17) is 4.74 Å². The number of benzene rings is 2. The number of hydrogen-bond donors (Lipinski definition) is 0. The van der Waals surface area contributed by atoms with Gasteiger partial charge in [0.25, 0.3) is 0 Å². The Balaban J connectivity index is 1.84. The minimum absolute atomic E-state index is 0.686. The van der Waals surface area contributed by atoms with E-state index in [9.17, 15) is 0 Å². The number of ether oxygens (including phenoxy) is 1. The van der Waals surface area contributed by atoms with Crippen LogP contribution in [0.4, 0.5) is 0 Å². The third-order valence-corrected chi connectivity index (χ3v) is 3.90. The van der Waals surface area contributed by atoms with E-state index in [1.165, 1.54) is 4.70 Å². The molecule has 0 aliphatic carbocycles. The fourth-order valence-corrected chi connectivity index (χ4v) is 2.87. The summed E-state index contributed by atoms with van der Waals surface area (Å²) in [5, 5.41) is 1.02. The highest BCUT2D eigenvalue weighted by atomic mass is 32.1. The van der Waals surface area contributed by atoms with Gasteiger partial charge < -0.3 is 4.74 Å². The smallest absolute Gasteiger partial charge is 0.119 e. The number of rotatable bonds is 4. The van der Waals surface area contributed by atoms with Gasteiger partial charge in [0.15, 0.2) is 0 Å². The van der Waals surface area contributed by atoms with E-state index in [0.717, 1.165) is 21.8 Å². The minimum Gasteiger partial charge on any atom is -0.494 e. The molecule has 0 aliphatic heterocycles. The topological polar surface area (TPSA) is 22.1 Å². The van der Waals surface area contributed by atoms with Gasteiger partial charge in [0.2, 0.25) is 0 Å². The Morgan fingerprint density at radius 2 is 2.00 bits per heavy atom. The molecule has 0 unspecified atom stereocenters. The van der Waals surface area contributed by atoms with Crippen LogP contribution in [0.3, 0.4) is 0 Å². The highest BCUT2D eigenvalue weighted by molar-refractivity contribution is 7.19.